The van der Waals surface area contributed by atoms with Gasteiger partial charge in [-0.25, -0.2) is 15.0 Å². The fraction of sp³-hybridized carbons (Fsp3) is 0.417. The number of aromatic nitrogens is 3. The van der Waals surface area contributed by atoms with E-state index < -0.39 is 0 Å². The minimum atomic E-state index is 0.462. The number of nitrogens with two attached hydrogens (primary N) is 1. The van der Waals surface area contributed by atoms with Crippen molar-refractivity contribution in [2.24, 2.45) is 0 Å². The van der Waals surface area contributed by atoms with Crippen LogP contribution in [0.1, 0.15) is 13.3 Å². The minimum Gasteiger partial charge on any atom is -0.384 e. The lowest BCUT2D eigenvalue weighted by Gasteiger charge is -2.08. The molecule has 3 N–H and O–H groups in total. The summed E-state index contributed by atoms with van der Waals surface area (Å²) in [5, 5.41) is 4.13. The molecule has 0 saturated carbocycles. The highest BCUT2D eigenvalue weighted by molar-refractivity contribution is 5.86. The highest BCUT2D eigenvalue weighted by Crippen LogP contribution is 2.18. The lowest BCUT2D eigenvalue weighted by molar-refractivity contribution is 0.147. The van der Waals surface area contributed by atoms with E-state index in [1.165, 1.54) is 6.33 Å². The van der Waals surface area contributed by atoms with Gasteiger partial charge in [0.1, 0.15) is 18.0 Å². The maximum Gasteiger partial charge on any atom is 0.166 e. The molecule has 0 amide bonds. The molecule has 0 aromatic carbocycles. The topological polar surface area (TPSA) is 86.0 Å². The number of rotatable bonds is 6. The molecule has 0 atom stereocenters. The van der Waals surface area contributed by atoms with Crippen molar-refractivity contribution >= 4 is 22.7 Å². The third-order valence-corrected chi connectivity index (χ3v) is 2.48. The number of nitrogens with zero attached hydrogens (tertiary/aromatic N) is 3. The first-order chi connectivity index (χ1) is 8.81. The summed E-state index contributed by atoms with van der Waals surface area (Å²) in [5.74, 6) is 1.24. The molecule has 0 aliphatic rings. The van der Waals surface area contributed by atoms with Crippen LogP contribution in [-0.4, -0.2) is 34.7 Å². The van der Waals surface area contributed by atoms with Gasteiger partial charge in [0.2, 0.25) is 0 Å². The van der Waals surface area contributed by atoms with Gasteiger partial charge in [-0.05, 0) is 25.5 Å². The quantitative estimate of drug-likeness (QED) is 0.751. The van der Waals surface area contributed by atoms with Crippen molar-refractivity contribution in [3.8, 4) is 0 Å². The maximum absolute atomic E-state index is 5.62. The zero-order valence-corrected chi connectivity index (χ0v) is 10.4. The fourth-order valence-electron chi connectivity index (χ4n) is 1.62. The van der Waals surface area contributed by atoms with Crippen LogP contribution in [0.3, 0.4) is 0 Å². The molecule has 6 nitrogen and oxygen atoms in total. The Bertz CT molecular complexity index is 517. The summed E-state index contributed by atoms with van der Waals surface area (Å²) in [6, 6.07) is 3.62. The Kier molecular flexibility index (Phi) is 4.25. The van der Waals surface area contributed by atoms with E-state index in [-0.39, 0.29) is 0 Å². The summed E-state index contributed by atoms with van der Waals surface area (Å²) in [6.07, 6.45) is 2.42. The zero-order chi connectivity index (χ0) is 12.8. The third-order valence-electron chi connectivity index (χ3n) is 2.48. The van der Waals surface area contributed by atoms with Gasteiger partial charge in [0.15, 0.2) is 5.65 Å². The van der Waals surface area contributed by atoms with Crippen LogP contribution in [-0.2, 0) is 4.74 Å². The first-order valence-corrected chi connectivity index (χ1v) is 6.00. The van der Waals surface area contributed by atoms with Crippen molar-refractivity contribution in [3.63, 3.8) is 0 Å². The summed E-state index contributed by atoms with van der Waals surface area (Å²) in [6.45, 7) is 4.29. The molecule has 0 bridgehead atoms. The molecule has 0 unspecified atom stereocenters. The summed E-state index contributed by atoms with van der Waals surface area (Å²) >= 11 is 0. The van der Waals surface area contributed by atoms with E-state index in [1.54, 1.807) is 6.07 Å². The first-order valence-electron chi connectivity index (χ1n) is 6.00. The third kappa shape index (κ3) is 3.04. The maximum atomic E-state index is 5.62. The monoisotopic (exact) mass is 247 g/mol. The Morgan fingerprint density at radius 1 is 1.33 bits per heavy atom. The Hall–Kier alpha value is -1.95. The summed E-state index contributed by atoms with van der Waals surface area (Å²) < 4.78 is 5.27. The van der Waals surface area contributed by atoms with E-state index in [0.717, 1.165) is 37.4 Å². The van der Waals surface area contributed by atoms with Gasteiger partial charge in [-0.15, -0.1) is 0 Å². The number of nitrogen functional groups attached to an aromatic ring is 1. The van der Waals surface area contributed by atoms with E-state index in [0.29, 0.717) is 11.5 Å². The van der Waals surface area contributed by atoms with Gasteiger partial charge in [-0.3, -0.25) is 0 Å². The molecule has 2 rings (SSSR count). The molecular weight excluding hydrogens is 230 g/mol. The average Bonchev–Trinajstić information content (AvgIpc) is 2.38. The minimum absolute atomic E-state index is 0.462. The van der Waals surface area contributed by atoms with E-state index in [2.05, 4.69) is 20.3 Å². The number of nitrogens with one attached hydrogen (secondary N) is 1. The highest BCUT2D eigenvalue weighted by atomic mass is 16.5. The van der Waals surface area contributed by atoms with Gasteiger partial charge < -0.3 is 15.8 Å². The van der Waals surface area contributed by atoms with Crippen molar-refractivity contribution < 1.29 is 4.74 Å². The van der Waals surface area contributed by atoms with Crippen molar-refractivity contribution in [1.29, 1.82) is 0 Å². The zero-order valence-electron chi connectivity index (χ0n) is 10.4. The van der Waals surface area contributed by atoms with Crippen LogP contribution in [0.15, 0.2) is 18.5 Å². The van der Waals surface area contributed by atoms with Crippen LogP contribution in [0, 0.1) is 0 Å². The van der Waals surface area contributed by atoms with E-state index in [9.17, 15) is 0 Å². The number of anilines is 2. The van der Waals surface area contributed by atoms with Crippen LogP contribution in [0.4, 0.5) is 11.6 Å². The van der Waals surface area contributed by atoms with Crippen LogP contribution in [0.2, 0.25) is 0 Å². The molecule has 2 aromatic heterocycles. The van der Waals surface area contributed by atoms with Gasteiger partial charge in [0.05, 0.1) is 5.39 Å². The van der Waals surface area contributed by atoms with E-state index in [4.69, 9.17) is 10.5 Å². The lowest BCUT2D eigenvalue weighted by atomic mass is 10.3. The molecule has 0 spiro atoms. The fourth-order valence-corrected chi connectivity index (χ4v) is 1.62. The van der Waals surface area contributed by atoms with Crippen molar-refractivity contribution in [1.82, 2.24) is 15.0 Å². The number of hydrogen-bond donors (Lipinski definition) is 2. The number of fused-ring (bicyclic) bond motifs is 1. The Labute approximate surface area is 106 Å². The van der Waals surface area contributed by atoms with Gasteiger partial charge in [-0.2, -0.15) is 0 Å². The van der Waals surface area contributed by atoms with Crippen LogP contribution in [0.25, 0.3) is 11.0 Å². The van der Waals surface area contributed by atoms with Crippen LogP contribution < -0.4 is 11.1 Å². The normalized spacial score (nSPS) is 10.7. The molecule has 96 valence electrons. The predicted octanol–water partition coefficient (Wildman–Crippen LogP) is 1.45. The molecule has 2 aromatic rings. The van der Waals surface area contributed by atoms with E-state index >= 15 is 0 Å². The van der Waals surface area contributed by atoms with E-state index in [1.807, 2.05) is 13.0 Å². The van der Waals surface area contributed by atoms with Crippen LogP contribution in [0.5, 0.6) is 0 Å². The lowest BCUT2D eigenvalue weighted by Crippen LogP contribution is -2.08. The molecule has 0 saturated heterocycles. The van der Waals surface area contributed by atoms with Crippen molar-refractivity contribution in [3.05, 3.63) is 18.5 Å². The molecule has 0 aliphatic carbocycles. The number of pyridine rings is 1. The SMILES string of the molecule is CCOCCCNc1ncnc2nc(N)ccc12. The summed E-state index contributed by atoms with van der Waals surface area (Å²) in [7, 11) is 0. The molecule has 2 heterocycles. The van der Waals surface area contributed by atoms with Gasteiger partial charge in [0, 0.05) is 19.8 Å². The smallest absolute Gasteiger partial charge is 0.166 e. The largest absolute Gasteiger partial charge is 0.384 e. The molecule has 0 fully saturated rings. The van der Waals surface area contributed by atoms with Crippen LogP contribution >= 0.6 is 0 Å². The second-order valence-corrected chi connectivity index (χ2v) is 3.81. The molecule has 18 heavy (non-hydrogen) atoms. The highest BCUT2D eigenvalue weighted by Gasteiger charge is 2.04. The molecular formula is C12H17N5O. The Balaban J connectivity index is 2.04. The molecule has 6 heteroatoms. The first kappa shape index (κ1) is 12.5. The molecule has 0 radical (unpaired) electrons. The van der Waals surface area contributed by atoms with Crippen molar-refractivity contribution in [2.45, 2.75) is 13.3 Å². The Morgan fingerprint density at radius 3 is 3.06 bits per heavy atom. The predicted molar refractivity (Wildman–Crippen MR) is 71.3 cm³/mol. The second kappa shape index (κ2) is 6.11. The molecule has 0 aliphatic heterocycles. The summed E-state index contributed by atoms with van der Waals surface area (Å²) in [4.78, 5) is 12.5. The van der Waals surface area contributed by atoms with Gasteiger partial charge in [0.25, 0.3) is 0 Å². The average molecular weight is 247 g/mol. The Morgan fingerprint density at radius 2 is 2.22 bits per heavy atom. The second-order valence-electron chi connectivity index (χ2n) is 3.81. The number of ether oxygens (including phenoxy) is 1. The van der Waals surface area contributed by atoms with Gasteiger partial charge in [-0.1, -0.05) is 0 Å². The van der Waals surface area contributed by atoms with Gasteiger partial charge >= 0.3 is 0 Å². The summed E-state index contributed by atoms with van der Waals surface area (Å²) in [5.41, 5.74) is 6.23. The van der Waals surface area contributed by atoms with Crippen molar-refractivity contribution in [2.75, 3.05) is 30.8 Å². The standard InChI is InChI=1S/C12H17N5O/c1-2-18-7-3-6-14-11-9-4-5-10(13)17-12(9)16-8-15-11/h4-5,8H,2-3,6-7H2,1H3,(H3,13,14,15,16,17). The number of hydrogen-bond acceptors (Lipinski definition) is 6.